The third kappa shape index (κ3) is 4.01. The number of benzene rings is 2. The summed E-state index contributed by atoms with van der Waals surface area (Å²) < 4.78 is 5.57. The molecule has 2 aromatic rings. The van der Waals surface area contributed by atoms with Crippen LogP contribution in [0.3, 0.4) is 0 Å². The molecule has 168 valence electrons. The lowest BCUT2D eigenvalue weighted by Crippen LogP contribution is -2.55. The Hall–Kier alpha value is -1.55. The Morgan fingerprint density at radius 3 is 2.23 bits per heavy atom. The molecular weight excluding hydrogens is 424 g/mol. The number of ether oxygens (including phenoxy) is 1. The molecule has 0 amide bonds. The van der Waals surface area contributed by atoms with E-state index in [9.17, 15) is 30.6 Å². The highest BCUT2D eigenvalue weighted by atomic mass is 35.5. The number of aliphatic hydroxyl groups is 6. The molecule has 1 saturated heterocycles. The molecule has 0 spiro atoms. The van der Waals surface area contributed by atoms with E-state index >= 15 is 0 Å². The molecule has 1 saturated carbocycles. The average molecular weight is 451 g/mol. The van der Waals surface area contributed by atoms with Crippen molar-refractivity contribution in [2.75, 3.05) is 6.61 Å². The second kappa shape index (κ2) is 8.10. The Bertz CT molecular complexity index is 939. The maximum Gasteiger partial charge on any atom is 0.218 e. The summed E-state index contributed by atoms with van der Waals surface area (Å²) in [5, 5.41) is 61.9. The van der Waals surface area contributed by atoms with Gasteiger partial charge in [-0.2, -0.15) is 0 Å². The maximum atomic E-state index is 11.0. The van der Waals surface area contributed by atoms with E-state index in [4.69, 9.17) is 16.3 Å². The standard InChI is InChI=1S/C23H27ClO7/c1-22(8-9-22)13-3-5-14(6-4-13)23(29,30)15-10-12(2-7-16(15)24)21-20(28)19(27)18(26)17(11-25)31-21/h2-7,10,17-21,25-30H,8-9,11H2,1H3. The molecule has 7 nitrogen and oxygen atoms in total. The van der Waals surface area contributed by atoms with Gasteiger partial charge in [-0.05, 0) is 41.5 Å². The zero-order valence-corrected chi connectivity index (χ0v) is 17.8. The Kier molecular flexibility index (Phi) is 5.91. The van der Waals surface area contributed by atoms with Crippen LogP contribution in [0.1, 0.15) is 48.1 Å². The largest absolute Gasteiger partial charge is 0.394 e. The van der Waals surface area contributed by atoms with Gasteiger partial charge in [-0.25, -0.2) is 0 Å². The maximum absolute atomic E-state index is 11.0. The summed E-state index contributed by atoms with van der Waals surface area (Å²) in [6.45, 7) is 1.60. The first-order valence-corrected chi connectivity index (χ1v) is 10.6. The van der Waals surface area contributed by atoms with Crippen LogP contribution in [-0.4, -0.2) is 61.7 Å². The van der Waals surface area contributed by atoms with Crippen LogP contribution in [0.5, 0.6) is 0 Å². The second-order valence-electron chi connectivity index (χ2n) is 8.80. The molecular formula is C23H27ClO7. The number of aliphatic hydroxyl groups excluding tert-OH is 4. The predicted octanol–water partition coefficient (Wildman–Crippen LogP) is 1.09. The molecule has 1 heterocycles. The van der Waals surface area contributed by atoms with Crippen molar-refractivity contribution < 1.29 is 35.4 Å². The van der Waals surface area contributed by atoms with Crippen LogP contribution in [0, 0.1) is 0 Å². The van der Waals surface area contributed by atoms with Gasteiger partial charge in [-0.3, -0.25) is 0 Å². The van der Waals surface area contributed by atoms with Crippen molar-refractivity contribution in [1.29, 1.82) is 0 Å². The summed E-state index contributed by atoms with van der Waals surface area (Å²) in [6, 6.07) is 11.4. The van der Waals surface area contributed by atoms with Crippen molar-refractivity contribution in [3.05, 3.63) is 69.7 Å². The first-order valence-electron chi connectivity index (χ1n) is 10.2. The molecule has 1 aliphatic carbocycles. The van der Waals surface area contributed by atoms with Gasteiger partial charge in [0.15, 0.2) is 0 Å². The van der Waals surface area contributed by atoms with Gasteiger partial charge in [0.05, 0.1) is 6.61 Å². The van der Waals surface area contributed by atoms with Gasteiger partial charge < -0.3 is 35.4 Å². The van der Waals surface area contributed by atoms with Gasteiger partial charge in [0, 0.05) is 16.1 Å². The van der Waals surface area contributed by atoms with Crippen LogP contribution in [0.4, 0.5) is 0 Å². The molecule has 0 radical (unpaired) electrons. The lowest BCUT2D eigenvalue weighted by atomic mass is 9.88. The Morgan fingerprint density at radius 2 is 1.65 bits per heavy atom. The normalized spacial score (nSPS) is 30.3. The van der Waals surface area contributed by atoms with E-state index in [0.717, 1.165) is 18.4 Å². The summed E-state index contributed by atoms with van der Waals surface area (Å²) in [5.41, 5.74) is 1.80. The zero-order chi connectivity index (χ0) is 22.6. The quantitative estimate of drug-likeness (QED) is 0.376. The van der Waals surface area contributed by atoms with Crippen LogP contribution in [0.2, 0.25) is 5.02 Å². The first-order chi connectivity index (χ1) is 14.6. The molecule has 5 atom stereocenters. The minimum absolute atomic E-state index is 0.0194. The molecule has 5 unspecified atom stereocenters. The fourth-order valence-corrected chi connectivity index (χ4v) is 4.35. The van der Waals surface area contributed by atoms with Crippen LogP contribution < -0.4 is 0 Å². The van der Waals surface area contributed by atoms with Crippen LogP contribution in [0.15, 0.2) is 42.5 Å². The van der Waals surface area contributed by atoms with E-state index < -0.39 is 42.9 Å². The van der Waals surface area contributed by atoms with E-state index in [1.807, 2.05) is 12.1 Å². The van der Waals surface area contributed by atoms with Gasteiger partial charge in [0.25, 0.3) is 0 Å². The second-order valence-corrected chi connectivity index (χ2v) is 9.21. The Labute approximate surface area is 185 Å². The molecule has 2 aromatic carbocycles. The van der Waals surface area contributed by atoms with Gasteiger partial charge in [0.2, 0.25) is 5.79 Å². The van der Waals surface area contributed by atoms with E-state index in [1.165, 1.54) is 18.2 Å². The van der Waals surface area contributed by atoms with E-state index in [1.54, 1.807) is 12.1 Å². The summed E-state index contributed by atoms with van der Waals surface area (Å²) in [6.07, 6.45) is -4.50. The van der Waals surface area contributed by atoms with Gasteiger partial charge >= 0.3 is 0 Å². The third-order valence-electron chi connectivity index (χ3n) is 6.57. The van der Waals surface area contributed by atoms with Crippen LogP contribution >= 0.6 is 11.6 Å². The highest BCUT2D eigenvalue weighted by Gasteiger charge is 2.44. The minimum atomic E-state index is -2.41. The molecule has 0 aromatic heterocycles. The van der Waals surface area contributed by atoms with Crippen LogP contribution in [0.25, 0.3) is 0 Å². The summed E-state index contributed by atoms with van der Waals surface area (Å²) in [4.78, 5) is 0. The fraction of sp³-hybridized carbons (Fsp3) is 0.478. The van der Waals surface area contributed by atoms with E-state index in [-0.39, 0.29) is 21.6 Å². The molecule has 1 aliphatic heterocycles. The molecule has 8 heteroatoms. The molecule has 2 fully saturated rings. The Balaban J connectivity index is 1.67. The fourth-order valence-electron chi connectivity index (χ4n) is 4.10. The number of hydrogen-bond donors (Lipinski definition) is 6. The van der Waals surface area contributed by atoms with Crippen molar-refractivity contribution in [2.45, 2.75) is 61.5 Å². The smallest absolute Gasteiger partial charge is 0.218 e. The number of rotatable bonds is 5. The lowest BCUT2D eigenvalue weighted by Gasteiger charge is -2.40. The highest BCUT2D eigenvalue weighted by molar-refractivity contribution is 6.31. The van der Waals surface area contributed by atoms with Crippen molar-refractivity contribution in [1.82, 2.24) is 0 Å². The van der Waals surface area contributed by atoms with Crippen molar-refractivity contribution in [3.8, 4) is 0 Å². The van der Waals surface area contributed by atoms with Gasteiger partial charge in [0.1, 0.15) is 30.5 Å². The molecule has 31 heavy (non-hydrogen) atoms. The van der Waals surface area contributed by atoms with Crippen molar-refractivity contribution >= 4 is 11.6 Å². The minimum Gasteiger partial charge on any atom is -0.394 e. The van der Waals surface area contributed by atoms with E-state index in [0.29, 0.717) is 5.56 Å². The first kappa shape index (κ1) is 22.6. The van der Waals surface area contributed by atoms with Crippen molar-refractivity contribution in [3.63, 3.8) is 0 Å². The lowest BCUT2D eigenvalue weighted by molar-refractivity contribution is -0.231. The van der Waals surface area contributed by atoms with Gasteiger partial charge in [-0.1, -0.05) is 48.9 Å². The SMILES string of the molecule is CC1(c2ccc(C(O)(O)c3cc(C4OC(CO)C(O)C(O)C4O)ccc3Cl)cc2)CC1. The molecule has 0 bridgehead atoms. The Morgan fingerprint density at radius 1 is 1.00 bits per heavy atom. The molecule has 4 rings (SSSR count). The molecule has 2 aliphatic rings. The number of halogens is 1. The summed E-state index contributed by atoms with van der Waals surface area (Å²) in [7, 11) is 0. The van der Waals surface area contributed by atoms with Crippen molar-refractivity contribution in [2.24, 2.45) is 0 Å². The summed E-state index contributed by atoms with van der Waals surface area (Å²) >= 11 is 6.27. The monoisotopic (exact) mass is 450 g/mol. The summed E-state index contributed by atoms with van der Waals surface area (Å²) in [5.74, 6) is -2.41. The zero-order valence-electron chi connectivity index (χ0n) is 17.0. The highest BCUT2D eigenvalue weighted by Crippen LogP contribution is 2.48. The van der Waals surface area contributed by atoms with E-state index in [2.05, 4.69) is 6.92 Å². The molecule has 6 N–H and O–H groups in total. The number of hydrogen-bond acceptors (Lipinski definition) is 7. The predicted molar refractivity (Wildman–Crippen MR) is 112 cm³/mol. The third-order valence-corrected chi connectivity index (χ3v) is 6.90. The topological polar surface area (TPSA) is 131 Å². The average Bonchev–Trinajstić information content (AvgIpc) is 3.51. The van der Waals surface area contributed by atoms with Crippen LogP contribution in [-0.2, 0) is 15.9 Å². The van der Waals surface area contributed by atoms with Gasteiger partial charge in [-0.15, -0.1) is 0 Å².